The van der Waals surface area contributed by atoms with E-state index in [1.54, 1.807) is 0 Å². The van der Waals surface area contributed by atoms with Crippen LogP contribution in [0.25, 0.3) is 0 Å². The molecule has 0 fully saturated rings. The molecule has 0 aromatic heterocycles. The summed E-state index contributed by atoms with van der Waals surface area (Å²) < 4.78 is 0. The SMILES string of the molecule is CCCC(S)CCCO. The van der Waals surface area contributed by atoms with Gasteiger partial charge in [0.05, 0.1) is 0 Å². The molecule has 0 bridgehead atoms. The summed E-state index contributed by atoms with van der Waals surface area (Å²) in [5.41, 5.74) is 0. The Kier molecular flexibility index (Phi) is 6.65. The fourth-order valence-corrected chi connectivity index (χ4v) is 1.25. The molecule has 0 saturated carbocycles. The second kappa shape index (κ2) is 6.43. The Labute approximate surface area is 62.9 Å². The molecule has 1 N–H and O–H groups in total. The molecular formula is C7H16OS. The maximum absolute atomic E-state index is 8.45. The summed E-state index contributed by atoms with van der Waals surface area (Å²) in [5, 5.41) is 8.95. The summed E-state index contributed by atoms with van der Waals surface area (Å²) in [5.74, 6) is 0. The smallest absolute Gasteiger partial charge is 0.0431 e. The largest absolute Gasteiger partial charge is 0.396 e. The van der Waals surface area contributed by atoms with Gasteiger partial charge in [0.2, 0.25) is 0 Å². The third kappa shape index (κ3) is 6.19. The van der Waals surface area contributed by atoms with E-state index >= 15 is 0 Å². The Morgan fingerprint density at radius 3 is 2.56 bits per heavy atom. The first kappa shape index (κ1) is 9.31. The molecule has 0 aromatic carbocycles. The molecule has 1 nitrogen and oxygen atoms in total. The first-order valence-corrected chi connectivity index (χ1v) is 4.11. The highest BCUT2D eigenvalue weighted by atomic mass is 32.1. The number of aliphatic hydroxyl groups is 1. The molecule has 0 heterocycles. The molecule has 9 heavy (non-hydrogen) atoms. The van der Waals surface area contributed by atoms with Crippen molar-refractivity contribution < 1.29 is 5.11 Å². The lowest BCUT2D eigenvalue weighted by Gasteiger charge is -2.05. The molecule has 0 aliphatic heterocycles. The minimum atomic E-state index is 0.306. The van der Waals surface area contributed by atoms with E-state index in [-0.39, 0.29) is 0 Å². The molecule has 56 valence electrons. The monoisotopic (exact) mass is 148 g/mol. The zero-order valence-corrected chi connectivity index (χ0v) is 6.90. The summed E-state index contributed by atoms with van der Waals surface area (Å²) in [6.07, 6.45) is 4.31. The van der Waals surface area contributed by atoms with Gasteiger partial charge in [-0.05, 0) is 19.3 Å². The van der Waals surface area contributed by atoms with Crippen LogP contribution in [0.2, 0.25) is 0 Å². The van der Waals surface area contributed by atoms with E-state index in [0.29, 0.717) is 11.9 Å². The van der Waals surface area contributed by atoms with E-state index in [4.69, 9.17) is 5.11 Å². The quantitative estimate of drug-likeness (QED) is 0.570. The van der Waals surface area contributed by atoms with E-state index in [9.17, 15) is 0 Å². The van der Waals surface area contributed by atoms with Crippen molar-refractivity contribution in [1.29, 1.82) is 0 Å². The fourth-order valence-electron chi connectivity index (χ4n) is 0.804. The lowest BCUT2D eigenvalue weighted by atomic mass is 10.1. The van der Waals surface area contributed by atoms with Crippen LogP contribution in [0.1, 0.15) is 32.6 Å². The summed E-state index contributed by atoms with van der Waals surface area (Å²) in [4.78, 5) is 0. The van der Waals surface area contributed by atoms with E-state index in [2.05, 4.69) is 19.6 Å². The van der Waals surface area contributed by atoms with Crippen molar-refractivity contribution in [1.82, 2.24) is 0 Å². The van der Waals surface area contributed by atoms with Crippen LogP contribution in [0, 0.1) is 0 Å². The molecule has 0 spiro atoms. The lowest BCUT2D eigenvalue weighted by molar-refractivity contribution is 0.283. The van der Waals surface area contributed by atoms with Crippen molar-refractivity contribution in [2.75, 3.05) is 6.61 Å². The molecule has 0 aliphatic carbocycles. The summed E-state index contributed by atoms with van der Waals surface area (Å²) in [7, 11) is 0. The minimum absolute atomic E-state index is 0.306. The van der Waals surface area contributed by atoms with Crippen LogP contribution in [0.4, 0.5) is 0 Å². The Morgan fingerprint density at radius 1 is 1.44 bits per heavy atom. The van der Waals surface area contributed by atoms with Gasteiger partial charge in [0.25, 0.3) is 0 Å². The molecule has 0 rings (SSSR count). The van der Waals surface area contributed by atoms with E-state index < -0.39 is 0 Å². The zero-order chi connectivity index (χ0) is 7.11. The van der Waals surface area contributed by atoms with Crippen molar-refractivity contribution >= 4 is 12.6 Å². The predicted molar refractivity (Wildman–Crippen MR) is 44.0 cm³/mol. The second-order valence-corrected chi connectivity index (χ2v) is 3.04. The van der Waals surface area contributed by atoms with Gasteiger partial charge in [-0.25, -0.2) is 0 Å². The Bertz CT molecular complexity index is 56.9. The van der Waals surface area contributed by atoms with Crippen LogP contribution in [-0.2, 0) is 0 Å². The van der Waals surface area contributed by atoms with E-state index in [1.807, 2.05) is 0 Å². The van der Waals surface area contributed by atoms with Crippen LogP contribution < -0.4 is 0 Å². The molecule has 0 amide bonds. The van der Waals surface area contributed by atoms with Crippen LogP contribution in [0.15, 0.2) is 0 Å². The standard InChI is InChI=1S/C7H16OS/c1-2-4-7(9)5-3-6-8/h7-9H,2-6H2,1H3. The third-order valence-electron chi connectivity index (χ3n) is 1.32. The maximum Gasteiger partial charge on any atom is 0.0431 e. The van der Waals surface area contributed by atoms with Gasteiger partial charge in [0.1, 0.15) is 0 Å². The molecule has 1 unspecified atom stereocenters. The molecule has 2 heteroatoms. The highest BCUT2D eigenvalue weighted by molar-refractivity contribution is 7.80. The van der Waals surface area contributed by atoms with Gasteiger partial charge in [-0.1, -0.05) is 13.3 Å². The first-order valence-electron chi connectivity index (χ1n) is 3.60. The van der Waals surface area contributed by atoms with Gasteiger partial charge in [-0.15, -0.1) is 0 Å². The normalized spacial score (nSPS) is 13.7. The van der Waals surface area contributed by atoms with E-state index in [1.165, 1.54) is 12.8 Å². The summed E-state index contributed by atoms with van der Waals surface area (Å²) in [6, 6.07) is 0. The average molecular weight is 148 g/mol. The topological polar surface area (TPSA) is 20.2 Å². The number of hydrogen-bond acceptors (Lipinski definition) is 2. The van der Waals surface area contributed by atoms with Gasteiger partial charge in [-0.2, -0.15) is 12.6 Å². The molecule has 0 aromatic rings. The number of aliphatic hydroxyl groups excluding tert-OH is 1. The first-order chi connectivity index (χ1) is 4.31. The Balaban J connectivity index is 2.95. The Hall–Kier alpha value is 0.310. The van der Waals surface area contributed by atoms with Crippen LogP contribution in [0.5, 0.6) is 0 Å². The Morgan fingerprint density at radius 2 is 2.11 bits per heavy atom. The highest BCUT2D eigenvalue weighted by Gasteiger charge is 1.98. The van der Waals surface area contributed by atoms with Crippen LogP contribution in [0.3, 0.4) is 0 Å². The average Bonchev–Trinajstić information content (AvgIpc) is 1.85. The van der Waals surface area contributed by atoms with Crippen molar-refractivity contribution in [3.05, 3.63) is 0 Å². The van der Waals surface area contributed by atoms with Gasteiger partial charge in [-0.3, -0.25) is 0 Å². The van der Waals surface area contributed by atoms with Crippen molar-refractivity contribution in [2.45, 2.75) is 37.9 Å². The molecule has 0 saturated heterocycles. The molecule has 1 atom stereocenters. The van der Waals surface area contributed by atoms with Crippen molar-refractivity contribution in [3.8, 4) is 0 Å². The van der Waals surface area contributed by atoms with Gasteiger partial charge in [0.15, 0.2) is 0 Å². The molecule has 0 aliphatic rings. The number of hydrogen-bond donors (Lipinski definition) is 2. The number of rotatable bonds is 5. The second-order valence-electron chi connectivity index (χ2n) is 2.31. The van der Waals surface area contributed by atoms with Crippen molar-refractivity contribution in [3.63, 3.8) is 0 Å². The van der Waals surface area contributed by atoms with Crippen LogP contribution in [-0.4, -0.2) is 17.0 Å². The highest BCUT2D eigenvalue weighted by Crippen LogP contribution is 2.10. The summed E-state index contributed by atoms with van der Waals surface area (Å²) in [6.45, 7) is 2.46. The molecular weight excluding hydrogens is 132 g/mol. The minimum Gasteiger partial charge on any atom is -0.396 e. The fraction of sp³-hybridized carbons (Fsp3) is 1.00. The zero-order valence-electron chi connectivity index (χ0n) is 6.01. The van der Waals surface area contributed by atoms with Crippen LogP contribution >= 0.6 is 12.6 Å². The third-order valence-corrected chi connectivity index (χ3v) is 1.83. The summed E-state index contributed by atoms with van der Waals surface area (Å²) >= 11 is 4.33. The van der Waals surface area contributed by atoms with Gasteiger partial charge >= 0.3 is 0 Å². The molecule has 0 radical (unpaired) electrons. The van der Waals surface area contributed by atoms with E-state index in [0.717, 1.165) is 12.8 Å². The predicted octanol–water partition coefficient (Wildman–Crippen LogP) is 1.86. The maximum atomic E-state index is 8.45. The van der Waals surface area contributed by atoms with Crippen molar-refractivity contribution in [2.24, 2.45) is 0 Å². The van der Waals surface area contributed by atoms with Gasteiger partial charge < -0.3 is 5.11 Å². The number of thiol groups is 1. The van der Waals surface area contributed by atoms with Gasteiger partial charge in [0, 0.05) is 11.9 Å². The lowest BCUT2D eigenvalue weighted by Crippen LogP contribution is -1.98.